The van der Waals surface area contributed by atoms with E-state index in [0.29, 0.717) is 18.9 Å². The van der Waals surface area contributed by atoms with E-state index in [1.54, 1.807) is 0 Å². The Balaban J connectivity index is 1.81. The van der Waals surface area contributed by atoms with Crippen molar-refractivity contribution in [1.29, 1.82) is 0 Å². The van der Waals surface area contributed by atoms with Crippen LogP contribution in [0, 0.1) is 5.92 Å². The van der Waals surface area contributed by atoms with Gasteiger partial charge in [0.1, 0.15) is 0 Å². The lowest BCUT2D eigenvalue weighted by molar-refractivity contribution is -0.130. The molecule has 110 valence electrons. The number of amides is 1. The number of hydrogen-bond donors (Lipinski definition) is 1. The maximum absolute atomic E-state index is 12.2. The van der Waals surface area contributed by atoms with Crippen molar-refractivity contribution in [2.75, 3.05) is 31.1 Å². The Hall–Kier alpha value is -0.620. The molecule has 0 radical (unpaired) electrons. The molecule has 2 aliphatic rings. The van der Waals surface area contributed by atoms with Gasteiger partial charge in [-0.2, -0.15) is 0 Å². The van der Waals surface area contributed by atoms with Crippen LogP contribution in [0.25, 0.3) is 0 Å². The normalized spacial score (nSPS) is 30.5. The summed E-state index contributed by atoms with van der Waals surface area (Å²) in [7, 11) is -2.95. The number of nitrogens with one attached hydrogen (secondary N) is 1. The summed E-state index contributed by atoms with van der Waals surface area (Å²) in [5.41, 5.74) is 0. The van der Waals surface area contributed by atoms with Gasteiger partial charge in [-0.3, -0.25) is 4.79 Å². The predicted molar refractivity (Wildman–Crippen MR) is 74.7 cm³/mol. The molecule has 2 saturated heterocycles. The van der Waals surface area contributed by atoms with Crippen LogP contribution in [0.4, 0.5) is 0 Å². The molecule has 1 N–H and O–H groups in total. The Morgan fingerprint density at radius 1 is 1.42 bits per heavy atom. The second kappa shape index (κ2) is 6.22. The van der Waals surface area contributed by atoms with Gasteiger partial charge in [-0.25, -0.2) is 8.42 Å². The summed E-state index contributed by atoms with van der Waals surface area (Å²) in [6.45, 7) is 4.33. The van der Waals surface area contributed by atoms with Crippen LogP contribution in [0.1, 0.15) is 32.6 Å². The summed E-state index contributed by atoms with van der Waals surface area (Å²) in [6.07, 6.45) is 3.75. The zero-order valence-electron chi connectivity index (χ0n) is 11.6. The predicted octanol–water partition coefficient (Wildman–Crippen LogP) is 0.412. The van der Waals surface area contributed by atoms with Crippen molar-refractivity contribution in [1.82, 2.24) is 10.2 Å². The first-order valence-electron chi connectivity index (χ1n) is 7.22. The summed E-state index contributed by atoms with van der Waals surface area (Å²) in [6, 6.07) is -0.198. The molecule has 2 unspecified atom stereocenters. The summed E-state index contributed by atoms with van der Waals surface area (Å²) in [5.74, 6) is 1.04. The van der Waals surface area contributed by atoms with E-state index < -0.39 is 9.84 Å². The van der Waals surface area contributed by atoms with Crippen LogP contribution in [0.2, 0.25) is 0 Å². The molecule has 0 bridgehead atoms. The van der Waals surface area contributed by atoms with E-state index in [0.717, 1.165) is 25.9 Å². The largest absolute Gasteiger partial charge is 0.342 e. The molecule has 0 aromatic rings. The minimum atomic E-state index is -2.95. The van der Waals surface area contributed by atoms with Gasteiger partial charge in [-0.15, -0.1) is 0 Å². The Bertz CT molecular complexity index is 422. The SMILES string of the molecule is CCCC1CCN(C(=O)CC2CS(=O)(=O)CCN2)C1. The number of sulfone groups is 1. The van der Waals surface area contributed by atoms with Crippen LogP contribution in [0.3, 0.4) is 0 Å². The van der Waals surface area contributed by atoms with Gasteiger partial charge in [0.25, 0.3) is 0 Å². The lowest BCUT2D eigenvalue weighted by Crippen LogP contribution is -2.47. The number of carbonyl (C=O) groups excluding carboxylic acids is 1. The summed E-state index contributed by atoms with van der Waals surface area (Å²) in [4.78, 5) is 14.1. The maximum Gasteiger partial charge on any atom is 0.224 e. The second-order valence-corrected chi connectivity index (χ2v) is 7.98. The van der Waals surface area contributed by atoms with Crippen LogP contribution >= 0.6 is 0 Å². The van der Waals surface area contributed by atoms with Gasteiger partial charge in [-0.05, 0) is 18.8 Å². The lowest BCUT2D eigenvalue weighted by Gasteiger charge is -2.25. The topological polar surface area (TPSA) is 66.5 Å². The lowest BCUT2D eigenvalue weighted by atomic mass is 10.0. The van der Waals surface area contributed by atoms with Crippen LogP contribution in [-0.2, 0) is 14.6 Å². The van der Waals surface area contributed by atoms with Gasteiger partial charge in [0.15, 0.2) is 9.84 Å². The Kier molecular flexibility index (Phi) is 4.84. The fourth-order valence-electron chi connectivity index (χ4n) is 3.04. The van der Waals surface area contributed by atoms with E-state index in [1.165, 1.54) is 6.42 Å². The molecule has 0 saturated carbocycles. The first-order chi connectivity index (χ1) is 9.00. The molecule has 1 amide bonds. The third kappa shape index (κ3) is 4.18. The van der Waals surface area contributed by atoms with Gasteiger partial charge in [0.05, 0.1) is 11.5 Å². The van der Waals surface area contributed by atoms with E-state index in [-0.39, 0.29) is 23.5 Å². The first kappa shape index (κ1) is 14.8. The molecule has 2 rings (SSSR count). The minimum Gasteiger partial charge on any atom is -0.342 e. The van der Waals surface area contributed by atoms with Gasteiger partial charge in [0.2, 0.25) is 5.91 Å². The zero-order valence-corrected chi connectivity index (χ0v) is 12.4. The smallest absolute Gasteiger partial charge is 0.224 e. The molecule has 2 fully saturated rings. The third-order valence-corrected chi connectivity index (χ3v) is 5.79. The van der Waals surface area contributed by atoms with Crippen LogP contribution in [-0.4, -0.2) is 56.4 Å². The van der Waals surface area contributed by atoms with E-state index >= 15 is 0 Å². The Morgan fingerprint density at radius 3 is 2.89 bits per heavy atom. The maximum atomic E-state index is 12.2. The molecule has 2 aliphatic heterocycles. The highest BCUT2D eigenvalue weighted by atomic mass is 32.2. The highest BCUT2D eigenvalue weighted by Gasteiger charge is 2.30. The molecular formula is C13H24N2O3S. The number of nitrogens with zero attached hydrogens (tertiary/aromatic N) is 1. The monoisotopic (exact) mass is 288 g/mol. The number of hydrogen-bond acceptors (Lipinski definition) is 4. The standard InChI is InChI=1S/C13H24N2O3S/c1-2-3-11-4-6-15(9-11)13(16)8-12-10-19(17,18)7-5-14-12/h11-12,14H,2-10H2,1H3. The quantitative estimate of drug-likeness (QED) is 0.814. The van der Waals surface area contributed by atoms with Crippen LogP contribution < -0.4 is 5.32 Å². The molecule has 19 heavy (non-hydrogen) atoms. The second-order valence-electron chi connectivity index (χ2n) is 5.75. The highest BCUT2D eigenvalue weighted by Crippen LogP contribution is 2.21. The van der Waals surface area contributed by atoms with E-state index in [1.807, 2.05) is 4.90 Å². The molecule has 2 atom stereocenters. The van der Waals surface area contributed by atoms with Crippen molar-refractivity contribution < 1.29 is 13.2 Å². The van der Waals surface area contributed by atoms with Crippen molar-refractivity contribution in [3.63, 3.8) is 0 Å². The summed E-state index contributed by atoms with van der Waals surface area (Å²) >= 11 is 0. The van der Waals surface area contributed by atoms with Crippen LogP contribution in [0.5, 0.6) is 0 Å². The van der Waals surface area contributed by atoms with Gasteiger partial charge in [-0.1, -0.05) is 13.3 Å². The zero-order chi connectivity index (χ0) is 13.9. The molecule has 0 aromatic carbocycles. The average molecular weight is 288 g/mol. The fourth-order valence-corrected chi connectivity index (χ4v) is 4.49. The molecule has 0 aromatic heterocycles. The number of carbonyl (C=O) groups is 1. The number of likely N-dealkylation sites (tertiary alicyclic amines) is 1. The van der Waals surface area contributed by atoms with Crippen molar-refractivity contribution in [2.45, 2.75) is 38.6 Å². The summed E-state index contributed by atoms with van der Waals surface area (Å²) in [5, 5.41) is 3.14. The molecule has 5 nitrogen and oxygen atoms in total. The van der Waals surface area contributed by atoms with Crippen molar-refractivity contribution in [3.8, 4) is 0 Å². The molecule has 6 heteroatoms. The summed E-state index contributed by atoms with van der Waals surface area (Å²) < 4.78 is 23.1. The molecule has 0 aliphatic carbocycles. The first-order valence-corrected chi connectivity index (χ1v) is 9.04. The van der Waals surface area contributed by atoms with E-state index in [2.05, 4.69) is 12.2 Å². The molecule has 0 spiro atoms. The van der Waals surface area contributed by atoms with Crippen molar-refractivity contribution in [3.05, 3.63) is 0 Å². The number of rotatable bonds is 4. The average Bonchev–Trinajstić information content (AvgIpc) is 2.77. The highest BCUT2D eigenvalue weighted by molar-refractivity contribution is 7.91. The molecular weight excluding hydrogens is 264 g/mol. The Morgan fingerprint density at radius 2 is 2.21 bits per heavy atom. The van der Waals surface area contributed by atoms with Gasteiger partial charge >= 0.3 is 0 Å². The van der Waals surface area contributed by atoms with Crippen molar-refractivity contribution in [2.24, 2.45) is 5.92 Å². The Labute approximate surface area is 115 Å². The van der Waals surface area contributed by atoms with Crippen molar-refractivity contribution >= 4 is 15.7 Å². The molecule has 2 heterocycles. The fraction of sp³-hybridized carbons (Fsp3) is 0.923. The van der Waals surface area contributed by atoms with Gasteiger partial charge < -0.3 is 10.2 Å². The minimum absolute atomic E-state index is 0.102. The van der Waals surface area contributed by atoms with E-state index in [4.69, 9.17) is 0 Å². The third-order valence-electron chi connectivity index (χ3n) is 4.06. The van der Waals surface area contributed by atoms with Crippen LogP contribution in [0.15, 0.2) is 0 Å². The van der Waals surface area contributed by atoms with E-state index in [9.17, 15) is 13.2 Å². The van der Waals surface area contributed by atoms with Gasteiger partial charge in [0, 0.05) is 32.1 Å².